The number of hydrogen-bond acceptors (Lipinski definition) is 4. The van der Waals surface area contributed by atoms with Gasteiger partial charge in [0, 0.05) is 0 Å². The second kappa shape index (κ2) is 2.84. The summed E-state index contributed by atoms with van der Waals surface area (Å²) >= 11 is 0. The molecule has 7 nitrogen and oxygen atoms in total. The summed E-state index contributed by atoms with van der Waals surface area (Å²) in [4.78, 5) is 24.3. The molecule has 0 spiro atoms. The lowest BCUT2D eigenvalue weighted by atomic mass is 10.3. The van der Waals surface area contributed by atoms with Crippen LogP contribution in [0.1, 0.15) is 15.9 Å². The van der Waals surface area contributed by atoms with Gasteiger partial charge in [-0.2, -0.15) is 9.61 Å². The maximum atomic E-state index is 11.3. The van der Waals surface area contributed by atoms with E-state index in [-0.39, 0.29) is 22.7 Å². The largest absolute Gasteiger partial charge is 0.493 e. The number of aromatic nitrogens is 3. The van der Waals surface area contributed by atoms with E-state index in [1.807, 2.05) is 0 Å². The molecule has 15 heavy (non-hydrogen) atoms. The second-order valence-electron chi connectivity index (χ2n) is 3.03. The number of rotatable bonds is 1. The third-order valence-corrected chi connectivity index (χ3v) is 2.11. The van der Waals surface area contributed by atoms with Gasteiger partial charge >= 0.3 is 5.97 Å². The first-order valence-electron chi connectivity index (χ1n) is 4.05. The maximum absolute atomic E-state index is 11.3. The van der Waals surface area contributed by atoms with Crippen molar-refractivity contribution in [1.82, 2.24) is 14.6 Å². The topological polar surface area (TPSA) is 108 Å². The molecule has 0 radical (unpaired) electrons. The predicted molar refractivity (Wildman–Crippen MR) is 49.2 cm³/mol. The molecular weight excluding hydrogens is 202 g/mol. The van der Waals surface area contributed by atoms with E-state index < -0.39 is 11.5 Å². The first kappa shape index (κ1) is 9.25. The lowest BCUT2D eigenvalue weighted by molar-refractivity contribution is 0.0699. The quantitative estimate of drug-likeness (QED) is 0.599. The van der Waals surface area contributed by atoms with E-state index in [1.54, 1.807) is 0 Å². The summed E-state index contributed by atoms with van der Waals surface area (Å²) in [6.07, 6.45) is 1.06. The van der Waals surface area contributed by atoms with Crippen LogP contribution in [0.25, 0.3) is 5.65 Å². The molecule has 0 bridgehead atoms. The Morgan fingerprint density at radius 2 is 2.27 bits per heavy atom. The second-order valence-corrected chi connectivity index (χ2v) is 3.03. The zero-order chi connectivity index (χ0) is 11.2. The van der Waals surface area contributed by atoms with Gasteiger partial charge in [0.15, 0.2) is 5.65 Å². The molecule has 0 aliphatic heterocycles. The highest BCUT2D eigenvalue weighted by Gasteiger charge is 2.16. The smallest absolute Gasteiger partial charge is 0.341 e. The van der Waals surface area contributed by atoms with Gasteiger partial charge in [0.2, 0.25) is 5.88 Å². The Kier molecular flexibility index (Phi) is 1.75. The van der Waals surface area contributed by atoms with E-state index >= 15 is 0 Å². The average molecular weight is 209 g/mol. The number of carbonyl (C=O) groups is 1. The van der Waals surface area contributed by atoms with Crippen molar-refractivity contribution in [3.05, 3.63) is 27.7 Å². The van der Waals surface area contributed by atoms with Crippen LogP contribution in [-0.4, -0.2) is 30.8 Å². The lowest BCUT2D eigenvalue weighted by Crippen LogP contribution is -2.13. The van der Waals surface area contributed by atoms with Crippen molar-refractivity contribution < 1.29 is 15.0 Å². The molecule has 0 saturated carbocycles. The van der Waals surface area contributed by atoms with Crippen molar-refractivity contribution >= 4 is 11.6 Å². The maximum Gasteiger partial charge on any atom is 0.341 e. The van der Waals surface area contributed by atoms with Gasteiger partial charge in [-0.3, -0.25) is 4.79 Å². The Morgan fingerprint density at radius 3 is 2.87 bits per heavy atom. The molecule has 2 aromatic rings. The Morgan fingerprint density at radius 1 is 1.60 bits per heavy atom. The van der Waals surface area contributed by atoms with Gasteiger partial charge in [-0.25, -0.2) is 4.79 Å². The van der Waals surface area contributed by atoms with Crippen LogP contribution in [0.5, 0.6) is 5.88 Å². The van der Waals surface area contributed by atoms with E-state index in [0.717, 1.165) is 10.7 Å². The van der Waals surface area contributed by atoms with Gasteiger partial charge in [0.25, 0.3) is 5.56 Å². The number of aromatic amines is 1. The number of carboxylic acid groups (broad SMARTS) is 1. The van der Waals surface area contributed by atoms with E-state index in [2.05, 4.69) is 10.1 Å². The molecule has 0 amide bonds. The molecule has 0 fully saturated rings. The molecule has 0 aliphatic carbocycles. The molecular formula is C8H7N3O4. The van der Waals surface area contributed by atoms with Crippen LogP contribution in [0.3, 0.4) is 0 Å². The summed E-state index contributed by atoms with van der Waals surface area (Å²) in [6.45, 7) is 1.41. The highest BCUT2D eigenvalue weighted by atomic mass is 16.4. The lowest BCUT2D eigenvalue weighted by Gasteiger charge is -2.00. The van der Waals surface area contributed by atoms with Gasteiger partial charge in [0.05, 0.1) is 11.8 Å². The molecule has 0 unspecified atom stereocenters. The summed E-state index contributed by atoms with van der Waals surface area (Å²) in [5.41, 5.74) is -0.650. The van der Waals surface area contributed by atoms with Gasteiger partial charge in [-0.05, 0) is 6.92 Å². The van der Waals surface area contributed by atoms with Gasteiger partial charge < -0.3 is 15.2 Å². The number of aromatic hydroxyl groups is 1. The van der Waals surface area contributed by atoms with Crippen molar-refractivity contribution in [1.29, 1.82) is 0 Å². The Bertz CT molecular complexity index is 610. The van der Waals surface area contributed by atoms with Crippen molar-refractivity contribution in [2.45, 2.75) is 6.92 Å². The fourth-order valence-corrected chi connectivity index (χ4v) is 1.25. The molecule has 0 aromatic carbocycles. The number of carboxylic acids is 1. The molecule has 78 valence electrons. The highest BCUT2D eigenvalue weighted by molar-refractivity contribution is 5.94. The summed E-state index contributed by atoms with van der Waals surface area (Å²) in [7, 11) is 0. The van der Waals surface area contributed by atoms with Crippen molar-refractivity contribution in [2.75, 3.05) is 0 Å². The number of H-pyrrole nitrogens is 1. The summed E-state index contributed by atoms with van der Waals surface area (Å²) in [5.74, 6) is -1.58. The Labute approximate surface area is 82.6 Å². The molecule has 0 atom stereocenters. The zero-order valence-corrected chi connectivity index (χ0v) is 7.68. The minimum absolute atomic E-state index is 0.0319. The van der Waals surface area contributed by atoms with E-state index in [9.17, 15) is 14.7 Å². The fourth-order valence-electron chi connectivity index (χ4n) is 1.25. The van der Waals surface area contributed by atoms with Crippen LogP contribution in [-0.2, 0) is 0 Å². The molecule has 2 aromatic heterocycles. The number of aromatic carboxylic acids is 1. The standard InChI is InChI=1S/C8H7N3O4/c1-3-6(12)10-5-4(8(14)15)2-9-11(5)7(3)13/h2,13H,1H3,(H,10,12)(H,14,15). The zero-order valence-electron chi connectivity index (χ0n) is 7.68. The van der Waals surface area contributed by atoms with Crippen LogP contribution in [0.2, 0.25) is 0 Å². The minimum atomic E-state index is -1.22. The number of nitrogens with one attached hydrogen (secondary N) is 1. The highest BCUT2D eigenvalue weighted by Crippen LogP contribution is 2.15. The molecule has 7 heteroatoms. The minimum Gasteiger partial charge on any atom is -0.493 e. The monoisotopic (exact) mass is 209 g/mol. The van der Waals surface area contributed by atoms with Crippen LogP contribution in [0.4, 0.5) is 0 Å². The summed E-state index contributed by atoms with van der Waals surface area (Å²) in [5, 5.41) is 21.9. The van der Waals surface area contributed by atoms with Crippen molar-refractivity contribution in [2.24, 2.45) is 0 Å². The van der Waals surface area contributed by atoms with Crippen LogP contribution in [0.15, 0.2) is 11.0 Å². The van der Waals surface area contributed by atoms with Crippen LogP contribution >= 0.6 is 0 Å². The van der Waals surface area contributed by atoms with Gasteiger partial charge in [-0.15, -0.1) is 0 Å². The Hall–Kier alpha value is -2.31. The molecule has 2 heterocycles. The number of fused-ring (bicyclic) bond motifs is 1. The average Bonchev–Trinajstić information content (AvgIpc) is 2.58. The summed E-state index contributed by atoms with van der Waals surface area (Å²) < 4.78 is 0.972. The first-order valence-corrected chi connectivity index (χ1v) is 4.05. The SMILES string of the molecule is Cc1c(O)n2ncc(C(=O)O)c2[nH]c1=O. The number of nitrogens with zero attached hydrogens (tertiary/aromatic N) is 2. The fraction of sp³-hybridized carbons (Fsp3) is 0.125. The molecule has 2 rings (SSSR count). The Balaban J connectivity index is 2.95. The van der Waals surface area contributed by atoms with Crippen LogP contribution in [0, 0.1) is 6.92 Å². The van der Waals surface area contributed by atoms with Crippen molar-refractivity contribution in [3.8, 4) is 5.88 Å². The number of hydrogen-bond donors (Lipinski definition) is 3. The third-order valence-electron chi connectivity index (χ3n) is 2.11. The third kappa shape index (κ3) is 1.17. The van der Waals surface area contributed by atoms with E-state index in [4.69, 9.17) is 5.11 Å². The van der Waals surface area contributed by atoms with Gasteiger partial charge in [0.1, 0.15) is 5.56 Å². The predicted octanol–water partition coefficient (Wildman–Crippen LogP) is -0.265. The van der Waals surface area contributed by atoms with Crippen LogP contribution < -0.4 is 5.56 Å². The molecule has 0 saturated heterocycles. The van der Waals surface area contributed by atoms with E-state index in [0.29, 0.717) is 0 Å². The first-order chi connectivity index (χ1) is 7.02. The van der Waals surface area contributed by atoms with Crippen molar-refractivity contribution in [3.63, 3.8) is 0 Å². The summed E-state index contributed by atoms with van der Waals surface area (Å²) in [6, 6.07) is 0. The normalized spacial score (nSPS) is 10.7. The molecule has 0 aliphatic rings. The van der Waals surface area contributed by atoms with E-state index in [1.165, 1.54) is 6.92 Å². The molecule has 3 N–H and O–H groups in total. The van der Waals surface area contributed by atoms with Gasteiger partial charge in [-0.1, -0.05) is 0 Å².